The second-order valence-corrected chi connectivity index (χ2v) is 20.0. The number of benzene rings is 1. The Hall–Kier alpha value is -4.75. The predicted molar refractivity (Wildman–Crippen MR) is 270 cm³/mol. The molecule has 4 aliphatic heterocycles. The van der Waals surface area contributed by atoms with Crippen molar-refractivity contribution in [1.29, 1.82) is 0 Å². The van der Waals surface area contributed by atoms with Crippen LogP contribution in [0.25, 0.3) is 0 Å². The number of carbonyl (C=O) groups excluding carboxylic acids is 3. The molecule has 12 N–H and O–H groups in total. The summed E-state index contributed by atoms with van der Waals surface area (Å²) >= 11 is 0. The van der Waals surface area contributed by atoms with Crippen LogP contribution in [0.5, 0.6) is 0 Å². The van der Waals surface area contributed by atoms with E-state index < -0.39 is 159 Å². The molecule has 4 heterocycles. The Kier molecular flexibility index (Phi) is 23.7. The molecule has 0 aromatic heterocycles. The van der Waals surface area contributed by atoms with Crippen LogP contribution in [0, 0.1) is 17.8 Å². The SMILES string of the molecule is CC1OC(O[C@H]2/C=C/C=C/C=C/C=C/C=C/C=C/C=C/C(C)[C@@H](O)C(C)C(C)OC(=O)C[C@H](O)C[C@H](O)CC[C@@H](O)[C@H](O)C[C@H](O)C[C@]3(O)CC(O)[C@@H](C(=O)OC4OC(=O)c5ccccc54)[C@H](C2)O3)C(O)C(N)C1O. The molecule has 2 saturated heterocycles. The van der Waals surface area contributed by atoms with Gasteiger partial charge >= 0.3 is 17.9 Å². The third-order valence-electron chi connectivity index (χ3n) is 13.9. The van der Waals surface area contributed by atoms with Gasteiger partial charge < -0.3 is 85.2 Å². The van der Waals surface area contributed by atoms with Gasteiger partial charge in [-0.3, -0.25) is 9.59 Å². The summed E-state index contributed by atoms with van der Waals surface area (Å²) in [5.74, 6) is -7.34. The minimum absolute atomic E-state index is 0.128. The van der Waals surface area contributed by atoms with Crippen LogP contribution < -0.4 is 5.73 Å². The average molecular weight is 1060 g/mol. The highest BCUT2D eigenvalue weighted by atomic mass is 16.7. The summed E-state index contributed by atoms with van der Waals surface area (Å²) in [5.41, 5.74) is 6.54. The second-order valence-electron chi connectivity index (χ2n) is 20.0. The van der Waals surface area contributed by atoms with E-state index >= 15 is 0 Å². The van der Waals surface area contributed by atoms with Crippen molar-refractivity contribution in [1.82, 2.24) is 0 Å². The van der Waals surface area contributed by atoms with Gasteiger partial charge in [0.05, 0.1) is 85.2 Å². The summed E-state index contributed by atoms with van der Waals surface area (Å²) in [6.45, 7) is 6.74. The summed E-state index contributed by atoms with van der Waals surface area (Å²) < 4.78 is 34.7. The zero-order valence-electron chi connectivity index (χ0n) is 42.7. The topological polar surface area (TPSA) is 335 Å². The van der Waals surface area contributed by atoms with Crippen LogP contribution in [-0.4, -0.2) is 166 Å². The van der Waals surface area contributed by atoms with Gasteiger partial charge in [0, 0.05) is 43.1 Å². The number of fused-ring (bicyclic) bond motifs is 3. The van der Waals surface area contributed by atoms with Crippen molar-refractivity contribution >= 4 is 17.9 Å². The molecule has 0 spiro atoms. The lowest BCUT2D eigenvalue weighted by atomic mass is 9.82. The summed E-state index contributed by atoms with van der Waals surface area (Å²) in [7, 11) is 0. The van der Waals surface area contributed by atoms with E-state index in [4.69, 9.17) is 34.2 Å². The van der Waals surface area contributed by atoms with Crippen molar-refractivity contribution in [2.24, 2.45) is 23.5 Å². The maximum Gasteiger partial charge on any atom is 0.342 e. The van der Waals surface area contributed by atoms with E-state index in [9.17, 15) is 65.4 Å². The number of nitrogens with two attached hydrogens (primary N) is 1. The van der Waals surface area contributed by atoms with E-state index in [1.54, 1.807) is 98.9 Å². The van der Waals surface area contributed by atoms with Crippen molar-refractivity contribution in [3.05, 3.63) is 120 Å². The highest BCUT2D eigenvalue weighted by molar-refractivity contribution is 5.94. The molecule has 20 atom stereocenters. The number of esters is 3. The normalized spacial score (nSPS) is 42.6. The van der Waals surface area contributed by atoms with E-state index in [-0.39, 0.29) is 42.7 Å². The largest absolute Gasteiger partial charge is 0.462 e. The average Bonchev–Trinajstić information content (AvgIpc) is 3.66. The van der Waals surface area contributed by atoms with Crippen molar-refractivity contribution in [2.45, 2.75) is 183 Å². The summed E-state index contributed by atoms with van der Waals surface area (Å²) in [5, 5.41) is 110. The second kappa shape index (κ2) is 29.1. The highest BCUT2D eigenvalue weighted by Crippen LogP contribution is 2.40. The van der Waals surface area contributed by atoms with E-state index in [0.717, 1.165) is 0 Å². The minimum atomic E-state index is -2.40. The highest BCUT2D eigenvalue weighted by Gasteiger charge is 2.52. The molecule has 20 nitrogen and oxygen atoms in total. The molecule has 2 bridgehead atoms. The molecule has 75 heavy (non-hydrogen) atoms. The van der Waals surface area contributed by atoms with Crippen LogP contribution in [0.15, 0.2) is 109 Å². The molecule has 10 unspecified atom stereocenters. The molecular formula is C55H77NO19. The quantitative estimate of drug-likeness (QED) is 0.192. The molecule has 20 heteroatoms. The lowest BCUT2D eigenvalue weighted by molar-refractivity contribution is -0.310. The molecule has 5 rings (SSSR count). The number of hydrogen-bond donors (Lipinski definition) is 11. The molecule has 0 aliphatic carbocycles. The molecule has 416 valence electrons. The minimum Gasteiger partial charge on any atom is -0.462 e. The number of aliphatic hydroxyl groups excluding tert-OH is 9. The van der Waals surface area contributed by atoms with Gasteiger partial charge in [-0.15, -0.1) is 0 Å². The molecular weight excluding hydrogens is 979 g/mol. The van der Waals surface area contributed by atoms with Crippen LogP contribution in [0.2, 0.25) is 0 Å². The van der Waals surface area contributed by atoms with E-state index in [0.29, 0.717) is 0 Å². The summed E-state index contributed by atoms with van der Waals surface area (Å²) in [4.78, 5) is 39.5. The number of aliphatic hydroxyl groups is 10. The standard InChI is InChI=1S/C55H77NO19/c1-31-19-15-13-11-9-7-5-6-8-10-12-14-16-20-38(72-54-50(66)47(56)49(65)34(4)71-54)28-44-46(52(68)74-53-40-22-18-17-21-39(40)51(67)73-53)43(62)30-55(69,75-44)29-37(59)26-42(61)41(60)24-23-35(57)25-36(58)27-45(63)70-33(3)32(2)48(31)64/h5-22,31-38,41-44,46-50,53-54,57-62,64-66,69H,23-30,56H2,1-4H3/b6-5+,9-7+,10-8+,13-11+,14-12+,19-15+,20-16+/t31?,32?,33?,34?,35-,36-,37+,38+,41-,42-,43?,44+,46-,47?,48-,49?,50?,53?,54?,55-/m1/s1. The number of carbonyl (C=O) groups is 3. The van der Waals surface area contributed by atoms with E-state index in [1.165, 1.54) is 25.1 Å². The van der Waals surface area contributed by atoms with E-state index in [1.807, 2.05) is 13.0 Å². The molecule has 0 saturated carbocycles. The van der Waals surface area contributed by atoms with Gasteiger partial charge in [-0.1, -0.05) is 117 Å². The number of ether oxygens (including phenoxy) is 6. The first-order valence-corrected chi connectivity index (χ1v) is 25.5. The van der Waals surface area contributed by atoms with Gasteiger partial charge in [-0.2, -0.15) is 0 Å². The lowest BCUT2D eigenvalue weighted by Crippen LogP contribution is -2.61. The van der Waals surface area contributed by atoms with Gasteiger partial charge in [-0.25, -0.2) is 4.79 Å². The zero-order chi connectivity index (χ0) is 55.0. The number of hydrogen-bond acceptors (Lipinski definition) is 20. The molecule has 4 aliphatic rings. The van der Waals surface area contributed by atoms with Crippen LogP contribution in [-0.2, 0) is 38.0 Å². The van der Waals surface area contributed by atoms with Crippen LogP contribution in [0.3, 0.4) is 0 Å². The Morgan fingerprint density at radius 3 is 1.92 bits per heavy atom. The van der Waals surface area contributed by atoms with Crippen LogP contribution in [0.1, 0.15) is 101 Å². The fraction of sp³-hybridized carbons (Fsp3) is 0.582. The molecule has 2 fully saturated rings. The van der Waals surface area contributed by atoms with Crippen molar-refractivity contribution in [2.75, 3.05) is 0 Å². The van der Waals surface area contributed by atoms with E-state index in [2.05, 4.69) is 0 Å². The number of rotatable bonds is 4. The Morgan fingerprint density at radius 1 is 0.653 bits per heavy atom. The maximum atomic E-state index is 14.2. The van der Waals surface area contributed by atoms with Gasteiger partial charge in [-0.05, 0) is 39.2 Å². The maximum absolute atomic E-state index is 14.2. The fourth-order valence-electron chi connectivity index (χ4n) is 9.34. The molecule has 0 amide bonds. The zero-order valence-corrected chi connectivity index (χ0v) is 42.7. The first-order valence-electron chi connectivity index (χ1n) is 25.5. The molecule has 1 aromatic rings. The Balaban J connectivity index is 1.41. The lowest BCUT2D eigenvalue weighted by Gasteiger charge is -2.45. The smallest absolute Gasteiger partial charge is 0.342 e. The van der Waals surface area contributed by atoms with Crippen molar-refractivity contribution in [3.63, 3.8) is 0 Å². The van der Waals surface area contributed by atoms with Crippen molar-refractivity contribution < 1.29 is 93.9 Å². The third-order valence-corrected chi connectivity index (χ3v) is 13.9. The predicted octanol–water partition coefficient (Wildman–Crippen LogP) is 2.04. The number of allylic oxidation sites excluding steroid dienone is 12. The van der Waals surface area contributed by atoms with Gasteiger partial charge in [0.25, 0.3) is 6.29 Å². The van der Waals surface area contributed by atoms with Crippen LogP contribution >= 0.6 is 0 Å². The van der Waals surface area contributed by atoms with Gasteiger partial charge in [0.1, 0.15) is 18.1 Å². The molecule has 0 radical (unpaired) electrons. The summed E-state index contributed by atoms with van der Waals surface area (Å²) in [6, 6.07) is 5.05. The first kappa shape index (κ1) is 61.1. The van der Waals surface area contributed by atoms with Gasteiger partial charge in [0.15, 0.2) is 12.1 Å². The number of cyclic esters (lactones) is 2. The molecule has 1 aromatic carbocycles. The van der Waals surface area contributed by atoms with Crippen LogP contribution in [0.4, 0.5) is 0 Å². The Morgan fingerprint density at radius 2 is 1.27 bits per heavy atom. The fourth-order valence-corrected chi connectivity index (χ4v) is 9.34. The van der Waals surface area contributed by atoms with Gasteiger partial charge in [0.2, 0.25) is 0 Å². The third kappa shape index (κ3) is 18.2. The Bertz CT molecular complexity index is 2210. The monoisotopic (exact) mass is 1060 g/mol. The Labute approximate surface area is 437 Å². The first-order chi connectivity index (χ1) is 35.6. The van der Waals surface area contributed by atoms with Crippen molar-refractivity contribution in [3.8, 4) is 0 Å². The summed E-state index contributed by atoms with van der Waals surface area (Å²) in [6.07, 6.45) is 1.21.